The van der Waals surface area contributed by atoms with Crippen LogP contribution in [0.4, 0.5) is 0 Å². The Hall–Kier alpha value is -1.15. The first kappa shape index (κ1) is 11.9. The van der Waals surface area contributed by atoms with Gasteiger partial charge in [-0.25, -0.2) is 0 Å². The molecule has 15 heavy (non-hydrogen) atoms. The molecular weight excluding hydrogens is 186 g/mol. The van der Waals surface area contributed by atoms with E-state index in [1.54, 1.807) is 7.11 Å². The minimum Gasteiger partial charge on any atom is -0.383 e. The van der Waals surface area contributed by atoms with Crippen molar-refractivity contribution in [1.82, 2.24) is 0 Å². The molecule has 0 saturated heterocycles. The van der Waals surface area contributed by atoms with Crippen molar-refractivity contribution in [2.24, 2.45) is 10.9 Å². The molecule has 1 unspecified atom stereocenters. The molecule has 1 rings (SSSR count). The molecule has 0 aromatic heterocycles. The Kier molecular flexibility index (Phi) is 5.71. The number of methoxy groups -OCH3 is 1. The van der Waals surface area contributed by atoms with Crippen LogP contribution in [0, 0.1) is 5.92 Å². The summed E-state index contributed by atoms with van der Waals surface area (Å²) in [7, 11) is 1.70. The third kappa shape index (κ3) is 5.33. The van der Waals surface area contributed by atoms with Crippen LogP contribution in [0.2, 0.25) is 0 Å². The van der Waals surface area contributed by atoms with Gasteiger partial charge in [0, 0.05) is 13.3 Å². The van der Waals surface area contributed by atoms with Crippen LogP contribution in [0.25, 0.3) is 0 Å². The highest BCUT2D eigenvalue weighted by Gasteiger charge is 1.98. The number of benzene rings is 1. The summed E-state index contributed by atoms with van der Waals surface area (Å²) >= 11 is 0. The Morgan fingerprint density at radius 3 is 2.73 bits per heavy atom. The van der Waals surface area contributed by atoms with Crippen LogP contribution in [0.3, 0.4) is 0 Å². The summed E-state index contributed by atoms with van der Waals surface area (Å²) < 4.78 is 4.93. The molecule has 0 aliphatic rings. The maximum Gasteiger partial charge on any atom is 0.0657 e. The highest BCUT2D eigenvalue weighted by atomic mass is 16.5. The monoisotopic (exact) mass is 205 g/mol. The Morgan fingerprint density at radius 1 is 1.33 bits per heavy atom. The zero-order valence-electron chi connectivity index (χ0n) is 9.52. The third-order valence-corrected chi connectivity index (χ3v) is 2.18. The molecule has 0 amide bonds. The lowest BCUT2D eigenvalue weighted by molar-refractivity contribution is 0.208. The smallest absolute Gasteiger partial charge is 0.0657 e. The summed E-state index contributed by atoms with van der Waals surface area (Å²) in [4.78, 5) is 4.31. The molecule has 0 N–H and O–H groups in total. The second-order valence-corrected chi connectivity index (χ2v) is 3.72. The summed E-state index contributed by atoms with van der Waals surface area (Å²) in [5, 5.41) is 0. The second-order valence-electron chi connectivity index (χ2n) is 3.72. The minimum absolute atomic E-state index is 0.490. The van der Waals surface area contributed by atoms with Crippen LogP contribution < -0.4 is 0 Å². The standard InChI is InChI=1S/C13H19NO/c1-12(11-14-8-9-15-2)10-13-6-4-3-5-7-13/h3-7,11-12H,8-10H2,1-2H3. The Bertz CT molecular complexity index is 282. The Morgan fingerprint density at radius 2 is 2.07 bits per heavy atom. The third-order valence-electron chi connectivity index (χ3n) is 2.18. The zero-order valence-corrected chi connectivity index (χ0v) is 9.52. The summed E-state index contributed by atoms with van der Waals surface area (Å²) in [6, 6.07) is 10.5. The molecule has 0 saturated carbocycles. The number of nitrogens with zero attached hydrogens (tertiary/aromatic N) is 1. The van der Waals surface area contributed by atoms with Gasteiger partial charge in [0.15, 0.2) is 0 Å². The molecule has 1 aromatic rings. The topological polar surface area (TPSA) is 21.6 Å². The fraction of sp³-hybridized carbons (Fsp3) is 0.462. The van der Waals surface area contributed by atoms with Crippen LogP contribution in [-0.4, -0.2) is 26.5 Å². The van der Waals surface area contributed by atoms with E-state index < -0.39 is 0 Å². The maximum absolute atomic E-state index is 4.93. The summed E-state index contributed by atoms with van der Waals surface area (Å²) in [5.74, 6) is 0.490. The largest absolute Gasteiger partial charge is 0.383 e. The number of rotatable bonds is 6. The first-order valence-electron chi connectivity index (χ1n) is 5.35. The molecule has 2 nitrogen and oxygen atoms in total. The number of hydrogen-bond acceptors (Lipinski definition) is 2. The van der Waals surface area contributed by atoms with Crippen LogP contribution in [0.5, 0.6) is 0 Å². The predicted octanol–water partition coefficient (Wildman–Crippen LogP) is 2.58. The van der Waals surface area contributed by atoms with Crippen LogP contribution >= 0.6 is 0 Å². The van der Waals surface area contributed by atoms with E-state index in [1.165, 1.54) is 5.56 Å². The van der Waals surface area contributed by atoms with Crippen molar-refractivity contribution in [3.8, 4) is 0 Å². The zero-order chi connectivity index (χ0) is 10.9. The van der Waals surface area contributed by atoms with Crippen LogP contribution in [-0.2, 0) is 11.2 Å². The first-order valence-corrected chi connectivity index (χ1v) is 5.35. The summed E-state index contributed by atoms with van der Waals surface area (Å²) in [5.41, 5.74) is 1.36. The van der Waals surface area contributed by atoms with Crippen molar-refractivity contribution in [3.63, 3.8) is 0 Å². The van der Waals surface area contributed by atoms with Gasteiger partial charge in [-0.15, -0.1) is 0 Å². The van der Waals surface area contributed by atoms with E-state index >= 15 is 0 Å². The molecule has 0 spiro atoms. The molecule has 1 atom stereocenters. The highest BCUT2D eigenvalue weighted by Crippen LogP contribution is 2.06. The normalized spacial score (nSPS) is 13.2. The summed E-state index contributed by atoms with van der Waals surface area (Å²) in [6.07, 6.45) is 3.07. The van der Waals surface area contributed by atoms with E-state index in [-0.39, 0.29) is 0 Å². The van der Waals surface area contributed by atoms with Gasteiger partial charge in [0.1, 0.15) is 0 Å². The lowest BCUT2D eigenvalue weighted by Crippen LogP contribution is -2.02. The summed E-state index contributed by atoms with van der Waals surface area (Å²) in [6.45, 7) is 3.65. The van der Waals surface area contributed by atoms with Gasteiger partial charge in [-0.05, 0) is 17.9 Å². The van der Waals surface area contributed by atoms with Crippen molar-refractivity contribution >= 4 is 6.21 Å². The second kappa shape index (κ2) is 7.18. The van der Waals surface area contributed by atoms with E-state index in [0.717, 1.165) is 13.0 Å². The fourth-order valence-electron chi connectivity index (χ4n) is 1.44. The van der Waals surface area contributed by atoms with Crippen molar-refractivity contribution < 1.29 is 4.74 Å². The molecule has 0 fully saturated rings. The van der Waals surface area contributed by atoms with Gasteiger partial charge < -0.3 is 4.74 Å². The van der Waals surface area contributed by atoms with Gasteiger partial charge in [-0.3, -0.25) is 4.99 Å². The average Bonchev–Trinajstić information content (AvgIpc) is 2.26. The quantitative estimate of drug-likeness (QED) is 0.516. The van der Waals surface area contributed by atoms with Crippen LogP contribution in [0.1, 0.15) is 12.5 Å². The molecule has 0 bridgehead atoms. The van der Waals surface area contributed by atoms with E-state index in [4.69, 9.17) is 4.74 Å². The molecule has 0 aliphatic carbocycles. The SMILES string of the molecule is COCCN=CC(C)Cc1ccccc1. The lowest BCUT2D eigenvalue weighted by Gasteiger charge is -2.05. The van der Waals surface area contributed by atoms with E-state index in [9.17, 15) is 0 Å². The molecule has 82 valence electrons. The molecule has 2 heteroatoms. The number of aliphatic imine (C=N–C) groups is 1. The Balaban J connectivity index is 2.30. The molecule has 0 radical (unpaired) electrons. The van der Waals surface area contributed by atoms with Gasteiger partial charge >= 0.3 is 0 Å². The van der Waals surface area contributed by atoms with E-state index in [1.807, 2.05) is 12.3 Å². The average molecular weight is 205 g/mol. The molecule has 0 heterocycles. The predicted molar refractivity (Wildman–Crippen MR) is 64.5 cm³/mol. The van der Waals surface area contributed by atoms with Crippen molar-refractivity contribution in [1.29, 1.82) is 0 Å². The van der Waals surface area contributed by atoms with Crippen molar-refractivity contribution in [3.05, 3.63) is 35.9 Å². The fourth-order valence-corrected chi connectivity index (χ4v) is 1.44. The van der Waals surface area contributed by atoms with Gasteiger partial charge in [-0.1, -0.05) is 37.3 Å². The maximum atomic E-state index is 4.93. The number of hydrogen-bond donors (Lipinski definition) is 0. The van der Waals surface area contributed by atoms with Crippen molar-refractivity contribution in [2.75, 3.05) is 20.3 Å². The Labute approximate surface area is 92.0 Å². The highest BCUT2D eigenvalue weighted by molar-refractivity contribution is 5.60. The van der Waals surface area contributed by atoms with Gasteiger partial charge in [0.25, 0.3) is 0 Å². The van der Waals surface area contributed by atoms with Gasteiger partial charge in [0.05, 0.1) is 13.2 Å². The van der Waals surface area contributed by atoms with E-state index in [0.29, 0.717) is 12.5 Å². The minimum atomic E-state index is 0.490. The van der Waals surface area contributed by atoms with Crippen molar-refractivity contribution in [2.45, 2.75) is 13.3 Å². The first-order chi connectivity index (χ1) is 7.33. The lowest BCUT2D eigenvalue weighted by atomic mass is 10.0. The molecule has 1 aromatic carbocycles. The van der Waals surface area contributed by atoms with Crippen LogP contribution in [0.15, 0.2) is 35.3 Å². The van der Waals surface area contributed by atoms with Gasteiger partial charge in [-0.2, -0.15) is 0 Å². The van der Waals surface area contributed by atoms with E-state index in [2.05, 4.69) is 36.2 Å². The molecule has 0 aliphatic heterocycles. The molecular formula is C13H19NO. The number of ether oxygens (including phenoxy) is 1. The van der Waals surface area contributed by atoms with Gasteiger partial charge in [0.2, 0.25) is 0 Å².